The maximum atomic E-state index is 6.31. The van der Waals surface area contributed by atoms with E-state index in [1.165, 1.54) is 0 Å². The highest BCUT2D eigenvalue weighted by Gasteiger charge is 2.25. The van der Waals surface area contributed by atoms with Gasteiger partial charge < -0.3 is 5.73 Å². The molecular formula is C15H26N2. The number of pyridine rings is 1. The monoisotopic (exact) mass is 234 g/mol. The summed E-state index contributed by atoms with van der Waals surface area (Å²) in [5.74, 6) is 0.935. The average Bonchev–Trinajstić information content (AvgIpc) is 2.27. The van der Waals surface area contributed by atoms with Crippen LogP contribution in [0.2, 0.25) is 0 Å². The Morgan fingerprint density at radius 2 is 1.88 bits per heavy atom. The van der Waals surface area contributed by atoms with Crippen molar-refractivity contribution in [3.05, 3.63) is 30.1 Å². The van der Waals surface area contributed by atoms with Gasteiger partial charge in [0, 0.05) is 23.9 Å². The van der Waals surface area contributed by atoms with Gasteiger partial charge >= 0.3 is 0 Å². The fourth-order valence-corrected chi connectivity index (χ4v) is 1.83. The smallest absolute Gasteiger partial charge is 0.0447 e. The second-order valence-corrected chi connectivity index (χ2v) is 6.21. The Kier molecular flexibility index (Phi) is 4.70. The van der Waals surface area contributed by atoms with Crippen molar-refractivity contribution >= 4 is 0 Å². The van der Waals surface area contributed by atoms with Gasteiger partial charge in [-0.25, -0.2) is 0 Å². The summed E-state index contributed by atoms with van der Waals surface area (Å²) in [6, 6.07) is 6.21. The maximum absolute atomic E-state index is 6.31. The summed E-state index contributed by atoms with van der Waals surface area (Å²) in [5.41, 5.74) is 7.73. The van der Waals surface area contributed by atoms with Crippen LogP contribution in [0.4, 0.5) is 0 Å². The van der Waals surface area contributed by atoms with Crippen molar-refractivity contribution in [2.24, 2.45) is 17.1 Å². The summed E-state index contributed by atoms with van der Waals surface area (Å²) in [6.07, 6.45) is 2.88. The minimum atomic E-state index is 0.180. The molecule has 0 amide bonds. The van der Waals surface area contributed by atoms with Gasteiger partial charge in [0.1, 0.15) is 0 Å². The normalized spacial score (nSPS) is 17.5. The van der Waals surface area contributed by atoms with Crippen molar-refractivity contribution in [1.29, 1.82) is 0 Å². The summed E-state index contributed by atoms with van der Waals surface area (Å²) in [6.45, 7) is 11.3. The second-order valence-electron chi connectivity index (χ2n) is 6.21. The molecule has 0 aliphatic heterocycles. The first-order valence-electron chi connectivity index (χ1n) is 6.49. The van der Waals surface area contributed by atoms with Gasteiger partial charge in [-0.2, -0.15) is 0 Å². The highest BCUT2D eigenvalue weighted by Crippen LogP contribution is 2.31. The molecule has 0 aliphatic carbocycles. The van der Waals surface area contributed by atoms with E-state index in [-0.39, 0.29) is 6.04 Å². The van der Waals surface area contributed by atoms with Crippen LogP contribution in [0.1, 0.15) is 52.7 Å². The lowest BCUT2D eigenvalue weighted by molar-refractivity contribution is 0.226. The van der Waals surface area contributed by atoms with Gasteiger partial charge in [-0.3, -0.25) is 4.98 Å². The first-order chi connectivity index (χ1) is 7.82. The third-order valence-corrected chi connectivity index (χ3v) is 3.90. The molecule has 0 saturated heterocycles. The van der Waals surface area contributed by atoms with Crippen molar-refractivity contribution in [1.82, 2.24) is 4.98 Å². The van der Waals surface area contributed by atoms with Crippen LogP contribution in [0.5, 0.6) is 0 Å². The van der Waals surface area contributed by atoms with E-state index in [0.29, 0.717) is 17.3 Å². The van der Waals surface area contributed by atoms with E-state index in [0.717, 1.165) is 12.1 Å². The molecular weight excluding hydrogens is 208 g/mol. The third-order valence-electron chi connectivity index (χ3n) is 3.90. The summed E-state index contributed by atoms with van der Waals surface area (Å²) >= 11 is 0. The zero-order valence-electron chi connectivity index (χ0n) is 11.8. The molecule has 1 heterocycles. The predicted octanol–water partition coefficient (Wildman–Crippen LogP) is 3.58. The molecule has 17 heavy (non-hydrogen) atoms. The molecule has 0 fully saturated rings. The highest BCUT2D eigenvalue weighted by molar-refractivity contribution is 5.10. The third kappa shape index (κ3) is 4.12. The van der Waals surface area contributed by atoms with Crippen LogP contribution in [-0.2, 0) is 0 Å². The van der Waals surface area contributed by atoms with Gasteiger partial charge in [0.15, 0.2) is 0 Å². The quantitative estimate of drug-likeness (QED) is 0.864. The molecule has 1 rings (SSSR count). The number of hydrogen-bond acceptors (Lipinski definition) is 2. The van der Waals surface area contributed by atoms with Crippen LogP contribution in [0, 0.1) is 11.3 Å². The first kappa shape index (κ1) is 14.2. The molecule has 0 aromatic carbocycles. The molecule has 0 spiro atoms. The fourth-order valence-electron chi connectivity index (χ4n) is 1.83. The van der Waals surface area contributed by atoms with Crippen LogP contribution in [-0.4, -0.2) is 11.0 Å². The summed E-state index contributed by atoms with van der Waals surface area (Å²) < 4.78 is 0. The summed E-state index contributed by atoms with van der Waals surface area (Å²) in [4.78, 5) is 4.39. The highest BCUT2D eigenvalue weighted by atomic mass is 14.7. The van der Waals surface area contributed by atoms with Gasteiger partial charge in [0.25, 0.3) is 0 Å². The van der Waals surface area contributed by atoms with Crippen LogP contribution in [0.15, 0.2) is 24.4 Å². The number of aromatic nitrogens is 1. The van der Waals surface area contributed by atoms with Crippen molar-refractivity contribution in [2.45, 2.75) is 53.0 Å². The Hall–Kier alpha value is -0.890. The van der Waals surface area contributed by atoms with E-state index < -0.39 is 0 Å². The van der Waals surface area contributed by atoms with Crippen LogP contribution < -0.4 is 5.73 Å². The minimum absolute atomic E-state index is 0.180. The molecule has 1 aromatic heterocycles. The molecule has 1 aromatic rings. The van der Waals surface area contributed by atoms with Gasteiger partial charge in [0.2, 0.25) is 0 Å². The van der Waals surface area contributed by atoms with Crippen molar-refractivity contribution in [3.63, 3.8) is 0 Å². The molecule has 3 atom stereocenters. The van der Waals surface area contributed by atoms with E-state index >= 15 is 0 Å². The molecule has 2 nitrogen and oxygen atoms in total. The minimum Gasteiger partial charge on any atom is -0.327 e. The molecule has 2 heteroatoms. The molecule has 0 radical (unpaired) electrons. The zero-order chi connectivity index (χ0) is 13.1. The van der Waals surface area contributed by atoms with Gasteiger partial charge in [-0.05, 0) is 29.9 Å². The average molecular weight is 234 g/mol. The SMILES string of the molecule is CC(c1ccccn1)C(N)CC(C)C(C)(C)C. The lowest BCUT2D eigenvalue weighted by Crippen LogP contribution is -2.32. The van der Waals surface area contributed by atoms with E-state index in [1.807, 2.05) is 18.3 Å². The first-order valence-corrected chi connectivity index (χ1v) is 6.49. The largest absolute Gasteiger partial charge is 0.327 e. The second kappa shape index (κ2) is 5.63. The van der Waals surface area contributed by atoms with Gasteiger partial charge in [0.05, 0.1) is 0 Å². The van der Waals surface area contributed by atoms with E-state index in [1.54, 1.807) is 0 Å². The van der Waals surface area contributed by atoms with Crippen molar-refractivity contribution in [2.75, 3.05) is 0 Å². The number of nitrogens with zero attached hydrogens (tertiary/aromatic N) is 1. The molecule has 0 aliphatic rings. The Labute approximate surface area is 106 Å². The topological polar surface area (TPSA) is 38.9 Å². The lowest BCUT2D eigenvalue weighted by Gasteiger charge is -2.31. The molecule has 96 valence electrons. The van der Waals surface area contributed by atoms with E-state index in [4.69, 9.17) is 5.73 Å². The Morgan fingerprint density at radius 1 is 1.24 bits per heavy atom. The fraction of sp³-hybridized carbons (Fsp3) is 0.667. The van der Waals surface area contributed by atoms with Crippen LogP contribution >= 0.6 is 0 Å². The van der Waals surface area contributed by atoms with Gasteiger partial charge in [-0.1, -0.05) is 40.7 Å². The van der Waals surface area contributed by atoms with Crippen LogP contribution in [0.25, 0.3) is 0 Å². The standard InChI is InChI=1S/C15H26N2/c1-11(15(3,4)5)10-13(16)12(2)14-8-6-7-9-17-14/h6-9,11-13H,10,16H2,1-5H3. The van der Waals surface area contributed by atoms with E-state index in [2.05, 4.69) is 45.7 Å². The lowest BCUT2D eigenvalue weighted by atomic mass is 9.76. The number of nitrogens with two attached hydrogens (primary N) is 1. The summed E-state index contributed by atoms with van der Waals surface area (Å²) in [5, 5.41) is 0. The summed E-state index contributed by atoms with van der Waals surface area (Å²) in [7, 11) is 0. The maximum Gasteiger partial charge on any atom is 0.0447 e. The predicted molar refractivity (Wildman–Crippen MR) is 73.9 cm³/mol. The molecule has 0 saturated carbocycles. The van der Waals surface area contributed by atoms with Crippen molar-refractivity contribution in [3.8, 4) is 0 Å². The van der Waals surface area contributed by atoms with E-state index in [9.17, 15) is 0 Å². The van der Waals surface area contributed by atoms with Crippen molar-refractivity contribution < 1.29 is 0 Å². The Balaban J connectivity index is 2.62. The number of hydrogen-bond donors (Lipinski definition) is 1. The zero-order valence-corrected chi connectivity index (χ0v) is 11.8. The Morgan fingerprint density at radius 3 is 2.35 bits per heavy atom. The molecule has 0 bridgehead atoms. The van der Waals surface area contributed by atoms with Gasteiger partial charge in [-0.15, -0.1) is 0 Å². The van der Waals surface area contributed by atoms with Crippen LogP contribution in [0.3, 0.4) is 0 Å². The molecule has 3 unspecified atom stereocenters. The molecule has 2 N–H and O–H groups in total. The Bertz CT molecular complexity index is 327. The number of rotatable bonds is 4.